The van der Waals surface area contributed by atoms with Crippen molar-refractivity contribution in [1.29, 1.82) is 0 Å². The first-order valence-corrected chi connectivity index (χ1v) is 10.5. The Hall–Kier alpha value is -4.06. The number of hydrogen-bond donors (Lipinski definition) is 3. The van der Waals surface area contributed by atoms with Crippen molar-refractivity contribution < 1.29 is 14.3 Å². The van der Waals surface area contributed by atoms with Gasteiger partial charge in [0.2, 0.25) is 5.91 Å². The van der Waals surface area contributed by atoms with E-state index in [1.165, 1.54) is 0 Å². The molecule has 1 aromatic heterocycles. The molecule has 6 heteroatoms. The summed E-state index contributed by atoms with van der Waals surface area (Å²) in [5.41, 5.74) is 3.73. The number of aromatic amines is 1. The number of rotatable bonds is 8. The number of methoxy groups -OCH3 is 1. The second-order valence-corrected chi connectivity index (χ2v) is 7.47. The van der Waals surface area contributed by atoms with Crippen molar-refractivity contribution in [3.8, 4) is 5.75 Å². The van der Waals surface area contributed by atoms with E-state index in [-0.39, 0.29) is 24.3 Å². The average molecular weight is 428 g/mol. The summed E-state index contributed by atoms with van der Waals surface area (Å²) in [5.74, 6) is -0.00535. The normalized spacial score (nSPS) is 11.7. The van der Waals surface area contributed by atoms with Gasteiger partial charge in [-0.25, -0.2) is 0 Å². The summed E-state index contributed by atoms with van der Waals surface area (Å²) in [6.07, 6.45) is 2.00. The molecule has 0 spiro atoms. The SMILES string of the molecule is COc1cccc(C(=O)NCC(=O)NCC(c2ccccc2)c2c[nH]c3ccccc23)c1. The van der Waals surface area contributed by atoms with Crippen molar-refractivity contribution >= 4 is 22.7 Å². The average Bonchev–Trinajstić information content (AvgIpc) is 3.27. The molecule has 0 radical (unpaired) electrons. The minimum atomic E-state index is -0.324. The van der Waals surface area contributed by atoms with Gasteiger partial charge in [-0.15, -0.1) is 0 Å². The van der Waals surface area contributed by atoms with Crippen LogP contribution in [-0.4, -0.2) is 37.0 Å². The number of benzene rings is 3. The van der Waals surface area contributed by atoms with Crippen LogP contribution in [0.3, 0.4) is 0 Å². The van der Waals surface area contributed by atoms with Crippen molar-refractivity contribution in [1.82, 2.24) is 15.6 Å². The van der Waals surface area contributed by atoms with E-state index in [1.807, 2.05) is 42.6 Å². The fraction of sp³-hybridized carbons (Fsp3) is 0.154. The first-order chi connectivity index (χ1) is 15.7. The summed E-state index contributed by atoms with van der Waals surface area (Å²) in [6, 6.07) is 25.0. The van der Waals surface area contributed by atoms with E-state index in [1.54, 1.807) is 31.4 Å². The summed E-state index contributed by atoms with van der Waals surface area (Å²) in [4.78, 5) is 28.2. The van der Waals surface area contributed by atoms with Crippen LogP contribution in [0.4, 0.5) is 0 Å². The lowest BCUT2D eigenvalue weighted by atomic mass is 9.91. The van der Waals surface area contributed by atoms with Gasteiger partial charge < -0.3 is 20.4 Å². The first kappa shape index (κ1) is 21.2. The molecule has 0 aliphatic carbocycles. The Morgan fingerprint density at radius 1 is 0.938 bits per heavy atom. The summed E-state index contributed by atoms with van der Waals surface area (Å²) in [7, 11) is 1.54. The molecule has 1 unspecified atom stereocenters. The zero-order valence-corrected chi connectivity index (χ0v) is 17.8. The van der Waals surface area contributed by atoms with Gasteiger partial charge >= 0.3 is 0 Å². The molecule has 32 heavy (non-hydrogen) atoms. The van der Waals surface area contributed by atoms with E-state index in [4.69, 9.17) is 4.74 Å². The summed E-state index contributed by atoms with van der Waals surface area (Å²) >= 11 is 0. The number of ether oxygens (including phenoxy) is 1. The fourth-order valence-corrected chi connectivity index (χ4v) is 3.78. The number of para-hydroxylation sites is 1. The third kappa shape index (κ3) is 4.81. The number of fused-ring (bicyclic) bond motifs is 1. The van der Waals surface area contributed by atoms with Crippen LogP contribution in [0.5, 0.6) is 5.75 Å². The van der Waals surface area contributed by atoms with Gasteiger partial charge in [0.15, 0.2) is 0 Å². The smallest absolute Gasteiger partial charge is 0.251 e. The molecule has 162 valence electrons. The van der Waals surface area contributed by atoms with Crippen LogP contribution >= 0.6 is 0 Å². The Morgan fingerprint density at radius 2 is 1.72 bits per heavy atom. The molecule has 3 aromatic carbocycles. The highest BCUT2D eigenvalue weighted by molar-refractivity contribution is 5.96. The predicted octanol–water partition coefficient (Wildman–Crippen LogP) is 3.85. The van der Waals surface area contributed by atoms with Crippen molar-refractivity contribution in [3.63, 3.8) is 0 Å². The van der Waals surface area contributed by atoms with Gasteiger partial charge in [0.1, 0.15) is 5.75 Å². The molecule has 6 nitrogen and oxygen atoms in total. The molecule has 0 aliphatic rings. The number of H-pyrrole nitrogens is 1. The van der Waals surface area contributed by atoms with Crippen molar-refractivity contribution in [2.45, 2.75) is 5.92 Å². The Bertz CT molecular complexity index is 1220. The number of carbonyl (C=O) groups is 2. The van der Waals surface area contributed by atoms with E-state index in [0.717, 1.165) is 22.0 Å². The third-order valence-corrected chi connectivity index (χ3v) is 5.44. The van der Waals surface area contributed by atoms with Crippen LogP contribution in [-0.2, 0) is 4.79 Å². The number of nitrogens with one attached hydrogen (secondary N) is 3. The summed E-state index contributed by atoms with van der Waals surface area (Å²) in [6.45, 7) is 0.311. The Balaban J connectivity index is 1.43. The Morgan fingerprint density at radius 3 is 2.53 bits per heavy atom. The van der Waals surface area contributed by atoms with Gasteiger partial charge in [-0.2, -0.15) is 0 Å². The zero-order valence-electron chi connectivity index (χ0n) is 17.8. The molecule has 1 heterocycles. The molecule has 0 saturated carbocycles. The first-order valence-electron chi connectivity index (χ1n) is 10.5. The van der Waals surface area contributed by atoms with Crippen LogP contribution in [0.1, 0.15) is 27.4 Å². The van der Waals surface area contributed by atoms with Gasteiger partial charge in [-0.05, 0) is 35.4 Å². The molecule has 0 fully saturated rings. The van der Waals surface area contributed by atoms with Crippen LogP contribution in [0.15, 0.2) is 85.1 Å². The number of amides is 2. The van der Waals surface area contributed by atoms with Gasteiger partial charge in [0.25, 0.3) is 5.91 Å². The standard InChI is InChI=1S/C26H25N3O3/c1-32-20-11-7-10-19(14-20)26(31)29-17-25(30)28-15-22(18-8-3-2-4-9-18)23-16-27-24-13-6-5-12-21(23)24/h2-14,16,22,27H,15,17H2,1H3,(H,28,30)(H,29,31). The summed E-state index contributed by atoms with van der Waals surface area (Å²) in [5, 5.41) is 6.76. The summed E-state index contributed by atoms with van der Waals surface area (Å²) < 4.78 is 5.14. The third-order valence-electron chi connectivity index (χ3n) is 5.44. The zero-order chi connectivity index (χ0) is 22.3. The number of carbonyl (C=O) groups excluding carboxylic acids is 2. The van der Waals surface area contributed by atoms with Gasteiger partial charge in [-0.3, -0.25) is 9.59 Å². The highest BCUT2D eigenvalue weighted by Gasteiger charge is 2.19. The minimum absolute atomic E-state index is 0.0228. The second kappa shape index (κ2) is 9.83. The van der Waals surface area contributed by atoms with Crippen LogP contribution in [0.25, 0.3) is 10.9 Å². The maximum absolute atomic E-state index is 12.5. The van der Waals surface area contributed by atoms with E-state index in [9.17, 15) is 9.59 Å². The molecular formula is C26H25N3O3. The van der Waals surface area contributed by atoms with Gasteiger partial charge in [0.05, 0.1) is 13.7 Å². The molecule has 0 saturated heterocycles. The molecule has 0 aliphatic heterocycles. The molecule has 4 aromatic rings. The molecule has 2 amide bonds. The second-order valence-electron chi connectivity index (χ2n) is 7.47. The molecule has 1 atom stereocenters. The Labute approximate surface area is 186 Å². The van der Waals surface area contributed by atoms with Crippen molar-refractivity contribution in [2.24, 2.45) is 0 Å². The van der Waals surface area contributed by atoms with Crippen molar-refractivity contribution in [3.05, 3.63) is 102 Å². The highest BCUT2D eigenvalue weighted by Crippen LogP contribution is 2.30. The van der Waals surface area contributed by atoms with E-state index < -0.39 is 0 Å². The van der Waals surface area contributed by atoms with Gasteiger partial charge in [0, 0.05) is 35.1 Å². The Kier molecular flexibility index (Phi) is 6.51. The number of hydrogen-bond acceptors (Lipinski definition) is 3. The van der Waals surface area contributed by atoms with Gasteiger partial charge in [-0.1, -0.05) is 54.6 Å². The maximum atomic E-state index is 12.5. The lowest BCUT2D eigenvalue weighted by molar-refractivity contribution is -0.120. The lowest BCUT2D eigenvalue weighted by Crippen LogP contribution is -2.38. The van der Waals surface area contributed by atoms with E-state index >= 15 is 0 Å². The monoisotopic (exact) mass is 427 g/mol. The van der Waals surface area contributed by atoms with Crippen LogP contribution in [0, 0.1) is 0 Å². The highest BCUT2D eigenvalue weighted by atomic mass is 16.5. The fourth-order valence-electron chi connectivity index (χ4n) is 3.78. The van der Waals surface area contributed by atoms with Crippen LogP contribution in [0.2, 0.25) is 0 Å². The largest absolute Gasteiger partial charge is 0.497 e. The molecule has 3 N–H and O–H groups in total. The minimum Gasteiger partial charge on any atom is -0.497 e. The maximum Gasteiger partial charge on any atom is 0.251 e. The number of aromatic nitrogens is 1. The van der Waals surface area contributed by atoms with Crippen molar-refractivity contribution in [2.75, 3.05) is 20.2 Å². The van der Waals surface area contributed by atoms with E-state index in [0.29, 0.717) is 17.9 Å². The molecular weight excluding hydrogens is 402 g/mol. The molecule has 4 rings (SSSR count). The van der Waals surface area contributed by atoms with E-state index in [2.05, 4.69) is 33.8 Å². The predicted molar refractivity (Wildman–Crippen MR) is 125 cm³/mol. The topological polar surface area (TPSA) is 83.2 Å². The quantitative estimate of drug-likeness (QED) is 0.399. The molecule has 0 bridgehead atoms. The lowest BCUT2D eigenvalue weighted by Gasteiger charge is -2.18. The van der Waals surface area contributed by atoms with Crippen LogP contribution < -0.4 is 15.4 Å².